The molecule has 3 rings (SSSR count). The highest BCUT2D eigenvalue weighted by Crippen LogP contribution is 2.37. The minimum absolute atomic E-state index is 0.0444. The highest BCUT2D eigenvalue weighted by Gasteiger charge is 2.29. The molecule has 2 aromatic carbocycles. The molecule has 0 radical (unpaired) electrons. The topological polar surface area (TPSA) is 117 Å². The van der Waals surface area contributed by atoms with Crippen LogP contribution in [-0.2, 0) is 19.4 Å². The van der Waals surface area contributed by atoms with Crippen LogP contribution < -0.4 is 10.6 Å². The van der Waals surface area contributed by atoms with Gasteiger partial charge in [-0.05, 0) is 17.7 Å². The summed E-state index contributed by atoms with van der Waals surface area (Å²) in [6.07, 6.45) is 0. The third-order valence-electron chi connectivity index (χ3n) is 4.07. The molecule has 1 aliphatic heterocycles. The first-order valence-corrected chi connectivity index (χ1v) is 10.3. The first kappa shape index (κ1) is 20.1. The molecule has 0 fully saturated rings. The molecule has 1 heterocycles. The molecule has 0 bridgehead atoms. The van der Waals surface area contributed by atoms with Crippen molar-refractivity contribution in [1.29, 1.82) is 0 Å². The van der Waals surface area contributed by atoms with Crippen molar-refractivity contribution in [2.75, 3.05) is 24.8 Å². The van der Waals surface area contributed by atoms with E-state index in [0.29, 0.717) is 5.56 Å². The summed E-state index contributed by atoms with van der Waals surface area (Å²) in [4.78, 5) is 16.1. The van der Waals surface area contributed by atoms with Crippen molar-refractivity contribution in [3.63, 3.8) is 0 Å². The molecular weight excluding hydrogens is 406 g/mol. The van der Waals surface area contributed by atoms with Crippen LogP contribution in [0.2, 0.25) is 5.02 Å². The zero-order chi connectivity index (χ0) is 20.3. The van der Waals surface area contributed by atoms with Gasteiger partial charge in [0.25, 0.3) is 5.91 Å². The number of hydrogen-bond donors (Lipinski definition) is 3. The Balaban J connectivity index is 1.90. The Labute approximate surface area is 167 Å². The zero-order valence-corrected chi connectivity index (χ0v) is 16.4. The lowest BCUT2D eigenvalue weighted by Gasteiger charge is -2.13. The number of rotatable bonds is 6. The van der Waals surface area contributed by atoms with E-state index in [1.54, 1.807) is 24.3 Å². The fourth-order valence-electron chi connectivity index (χ4n) is 2.70. The van der Waals surface area contributed by atoms with E-state index in [2.05, 4.69) is 15.6 Å². The summed E-state index contributed by atoms with van der Waals surface area (Å²) in [5.41, 5.74) is 0.758. The smallest absolute Gasteiger partial charge is 0.256 e. The van der Waals surface area contributed by atoms with Crippen molar-refractivity contribution in [2.45, 2.75) is 10.9 Å². The number of ether oxygens (including phenoxy) is 1. The molecule has 3 N–H and O–H groups in total. The average Bonchev–Trinajstić information content (AvgIpc) is 3.03. The number of phenolic OH excluding ortho intramolecular Hbond substituents is 1. The Morgan fingerprint density at radius 2 is 1.96 bits per heavy atom. The highest BCUT2D eigenvalue weighted by atomic mass is 35.5. The number of carbonyl (C=O) groups is 1. The van der Waals surface area contributed by atoms with E-state index in [1.165, 1.54) is 19.2 Å². The number of phenols is 1. The minimum Gasteiger partial charge on any atom is -0.504 e. The van der Waals surface area contributed by atoms with E-state index in [0.717, 1.165) is 0 Å². The lowest BCUT2D eigenvalue weighted by atomic mass is 10.1. The molecule has 1 atom stereocenters. The third-order valence-corrected chi connectivity index (χ3v) is 6.23. The number of hydrogen-bond acceptors (Lipinski definition) is 7. The van der Waals surface area contributed by atoms with Crippen LogP contribution in [0.1, 0.15) is 11.6 Å². The van der Waals surface area contributed by atoms with Crippen LogP contribution >= 0.6 is 11.6 Å². The second-order valence-corrected chi connectivity index (χ2v) is 8.44. The van der Waals surface area contributed by atoms with Crippen molar-refractivity contribution in [3.05, 3.63) is 53.1 Å². The van der Waals surface area contributed by atoms with Gasteiger partial charge in [-0.1, -0.05) is 41.9 Å². The van der Waals surface area contributed by atoms with Gasteiger partial charge in [-0.15, -0.1) is 0 Å². The van der Waals surface area contributed by atoms with E-state index in [4.69, 9.17) is 16.3 Å². The SMILES string of the molecule is COCCS(=O)(=O)c1c(Cl)ccc(NC2=NC(c3ccccc3)C(=O)N2)c1O. The summed E-state index contributed by atoms with van der Waals surface area (Å²) in [5.74, 6) is -1.14. The van der Waals surface area contributed by atoms with E-state index in [1.807, 2.05) is 6.07 Å². The van der Waals surface area contributed by atoms with Crippen molar-refractivity contribution >= 4 is 39.0 Å². The van der Waals surface area contributed by atoms with Gasteiger partial charge in [0.2, 0.25) is 5.96 Å². The molecule has 28 heavy (non-hydrogen) atoms. The van der Waals surface area contributed by atoms with Gasteiger partial charge in [0, 0.05) is 7.11 Å². The molecule has 8 nitrogen and oxygen atoms in total. The van der Waals surface area contributed by atoms with Gasteiger partial charge >= 0.3 is 0 Å². The predicted molar refractivity (Wildman–Crippen MR) is 105 cm³/mol. The van der Waals surface area contributed by atoms with Crippen LogP contribution in [0.3, 0.4) is 0 Å². The Kier molecular flexibility index (Phi) is 5.87. The normalized spacial score (nSPS) is 16.6. The minimum atomic E-state index is -3.88. The summed E-state index contributed by atoms with van der Waals surface area (Å²) in [6.45, 7) is -0.0444. The molecule has 2 aromatic rings. The maximum atomic E-state index is 12.5. The Morgan fingerprint density at radius 1 is 1.25 bits per heavy atom. The molecule has 1 unspecified atom stereocenters. The van der Waals surface area contributed by atoms with Gasteiger partial charge < -0.3 is 15.2 Å². The van der Waals surface area contributed by atoms with E-state index in [9.17, 15) is 18.3 Å². The van der Waals surface area contributed by atoms with Gasteiger partial charge in [0.05, 0.1) is 23.1 Å². The van der Waals surface area contributed by atoms with Crippen LogP contribution in [0.4, 0.5) is 5.69 Å². The molecule has 0 saturated heterocycles. The first-order chi connectivity index (χ1) is 13.3. The van der Waals surface area contributed by atoms with E-state index < -0.39 is 26.5 Å². The number of halogens is 1. The highest BCUT2D eigenvalue weighted by molar-refractivity contribution is 7.91. The Morgan fingerprint density at radius 3 is 2.64 bits per heavy atom. The molecule has 0 spiro atoms. The number of nitrogens with one attached hydrogen (secondary N) is 2. The summed E-state index contributed by atoms with van der Waals surface area (Å²) in [7, 11) is -2.50. The number of anilines is 1. The second kappa shape index (κ2) is 8.17. The molecule has 0 aliphatic carbocycles. The molecule has 0 saturated carbocycles. The van der Waals surface area contributed by atoms with Gasteiger partial charge in [-0.2, -0.15) is 0 Å². The molecule has 1 aliphatic rings. The number of sulfone groups is 1. The summed E-state index contributed by atoms with van der Waals surface area (Å²) < 4.78 is 29.7. The number of guanidine groups is 1. The second-order valence-electron chi connectivity index (χ2n) is 5.99. The summed E-state index contributed by atoms with van der Waals surface area (Å²) >= 11 is 6.00. The maximum absolute atomic E-state index is 12.5. The average molecular weight is 424 g/mol. The van der Waals surface area contributed by atoms with Gasteiger partial charge in [0.15, 0.2) is 21.6 Å². The molecule has 1 amide bonds. The number of amides is 1. The zero-order valence-electron chi connectivity index (χ0n) is 14.8. The number of aliphatic imine (C=N–C) groups is 1. The van der Waals surface area contributed by atoms with Gasteiger partial charge in [0.1, 0.15) is 4.90 Å². The Bertz CT molecular complexity index is 1030. The molecule has 148 valence electrons. The molecular formula is C18H18ClN3O5S. The third kappa shape index (κ3) is 4.11. The Hall–Kier alpha value is -2.62. The van der Waals surface area contributed by atoms with Crippen molar-refractivity contribution in [1.82, 2.24) is 5.32 Å². The largest absolute Gasteiger partial charge is 0.504 e. The monoisotopic (exact) mass is 423 g/mol. The number of benzene rings is 2. The lowest BCUT2D eigenvalue weighted by Crippen LogP contribution is -2.31. The molecule has 10 heteroatoms. The number of carbonyl (C=O) groups excluding carboxylic acids is 1. The maximum Gasteiger partial charge on any atom is 0.256 e. The summed E-state index contributed by atoms with van der Waals surface area (Å²) in [5, 5.41) is 15.7. The summed E-state index contributed by atoms with van der Waals surface area (Å²) in [6, 6.07) is 11.0. The van der Waals surface area contributed by atoms with Crippen LogP contribution in [-0.4, -0.2) is 44.9 Å². The van der Waals surface area contributed by atoms with Crippen molar-refractivity contribution < 1.29 is 23.1 Å². The number of nitrogens with zero attached hydrogens (tertiary/aromatic N) is 1. The van der Waals surface area contributed by atoms with Gasteiger partial charge in [-0.3, -0.25) is 10.1 Å². The van der Waals surface area contributed by atoms with Crippen LogP contribution in [0.5, 0.6) is 5.75 Å². The fraction of sp³-hybridized carbons (Fsp3) is 0.222. The predicted octanol–water partition coefficient (Wildman–Crippen LogP) is 2.10. The quantitative estimate of drug-likeness (QED) is 0.612. The van der Waals surface area contributed by atoms with E-state index >= 15 is 0 Å². The first-order valence-electron chi connectivity index (χ1n) is 8.27. The van der Waals surface area contributed by atoms with Crippen molar-refractivity contribution in [2.24, 2.45) is 4.99 Å². The van der Waals surface area contributed by atoms with Crippen molar-refractivity contribution in [3.8, 4) is 5.75 Å². The standard InChI is InChI=1S/C18H18ClN3O5S/c1-27-9-10-28(25,26)16-12(19)7-8-13(15(16)23)20-18-21-14(17(24)22-18)11-5-3-2-4-6-11/h2-8,14,23H,9-10H2,1H3,(H2,20,21,22,24). The number of methoxy groups -OCH3 is 1. The van der Waals surface area contributed by atoms with Crippen LogP contribution in [0.15, 0.2) is 52.4 Å². The number of aromatic hydroxyl groups is 1. The molecule has 0 aromatic heterocycles. The van der Waals surface area contributed by atoms with Gasteiger partial charge in [-0.25, -0.2) is 13.4 Å². The lowest BCUT2D eigenvalue weighted by molar-refractivity contribution is -0.120. The van der Waals surface area contributed by atoms with Crippen LogP contribution in [0, 0.1) is 0 Å². The fourth-order valence-corrected chi connectivity index (χ4v) is 4.56. The van der Waals surface area contributed by atoms with E-state index in [-0.39, 0.29) is 34.9 Å². The van der Waals surface area contributed by atoms with Crippen LogP contribution in [0.25, 0.3) is 0 Å².